The van der Waals surface area contributed by atoms with Gasteiger partial charge in [0.25, 0.3) is 0 Å². The van der Waals surface area contributed by atoms with Crippen LogP contribution < -0.4 is 10.1 Å². The normalized spacial score (nSPS) is 16.2. The van der Waals surface area contributed by atoms with Crippen LogP contribution in [0.25, 0.3) is 0 Å². The van der Waals surface area contributed by atoms with E-state index >= 15 is 0 Å². The molecule has 0 bridgehead atoms. The molecule has 3 aromatic rings. The summed E-state index contributed by atoms with van der Waals surface area (Å²) in [6, 6.07) is 16.4. The predicted octanol–water partition coefficient (Wildman–Crippen LogP) is 4.96. The van der Waals surface area contributed by atoms with Crippen molar-refractivity contribution in [3.8, 4) is 5.75 Å². The summed E-state index contributed by atoms with van der Waals surface area (Å²) in [5.41, 5.74) is 0.944. The molecule has 0 radical (unpaired) electrons. The highest BCUT2D eigenvalue weighted by Crippen LogP contribution is 2.29. The third kappa shape index (κ3) is 6.85. The second-order valence-electron chi connectivity index (χ2n) is 9.20. The fraction of sp³-hybridized carbons (Fsp3) is 0.286. The summed E-state index contributed by atoms with van der Waals surface area (Å²) >= 11 is 0. The first-order valence-electron chi connectivity index (χ1n) is 12.2. The van der Waals surface area contributed by atoms with Crippen molar-refractivity contribution in [2.24, 2.45) is 0 Å². The summed E-state index contributed by atoms with van der Waals surface area (Å²) in [7, 11) is -3.93. The minimum absolute atomic E-state index is 0.0186. The standard InChI is InChI=1S/C28H27F3N2O5S/c1-19(34)22-9-13-25(14-10-22)39(36,37)33-15-3-6-26(33)27(35)32-17-21-4-2-5-24(16-21)38-18-20-7-11-23(12-8-20)28(29,30)31/h2,4-5,7-14,16,26H,3,6,15,17-18H2,1H3,(H,32,35)/t26-/m0/s1. The number of carbonyl (C=O) groups is 2. The predicted molar refractivity (Wildman–Crippen MR) is 137 cm³/mol. The van der Waals surface area contributed by atoms with Gasteiger partial charge in [0.15, 0.2) is 5.78 Å². The average Bonchev–Trinajstić information content (AvgIpc) is 3.42. The molecular formula is C28H27F3N2O5S. The molecule has 1 fully saturated rings. The maximum atomic E-state index is 13.2. The number of rotatable bonds is 9. The van der Waals surface area contributed by atoms with Gasteiger partial charge in [0.05, 0.1) is 10.5 Å². The largest absolute Gasteiger partial charge is 0.489 e. The van der Waals surface area contributed by atoms with E-state index in [2.05, 4.69) is 5.32 Å². The van der Waals surface area contributed by atoms with Gasteiger partial charge in [-0.1, -0.05) is 36.4 Å². The Morgan fingerprint density at radius 1 is 1.00 bits per heavy atom. The van der Waals surface area contributed by atoms with E-state index in [-0.39, 0.29) is 30.4 Å². The van der Waals surface area contributed by atoms with Crippen molar-refractivity contribution >= 4 is 21.7 Å². The molecule has 1 aliphatic heterocycles. The zero-order chi connectivity index (χ0) is 28.2. The molecule has 0 unspecified atom stereocenters. The molecule has 7 nitrogen and oxygen atoms in total. The van der Waals surface area contributed by atoms with Crippen LogP contribution in [-0.4, -0.2) is 37.0 Å². The molecule has 1 aliphatic rings. The van der Waals surface area contributed by atoms with Gasteiger partial charge in [-0.05, 0) is 67.3 Å². The first-order chi connectivity index (χ1) is 18.4. The fourth-order valence-corrected chi connectivity index (χ4v) is 5.95. The van der Waals surface area contributed by atoms with Crippen LogP contribution in [-0.2, 0) is 34.1 Å². The molecule has 39 heavy (non-hydrogen) atoms. The Hall–Kier alpha value is -3.70. The lowest BCUT2D eigenvalue weighted by Gasteiger charge is -2.23. The Morgan fingerprint density at radius 3 is 2.33 bits per heavy atom. The van der Waals surface area contributed by atoms with Crippen LogP contribution in [0.1, 0.15) is 46.8 Å². The molecule has 0 spiro atoms. The number of nitrogens with zero attached hydrogens (tertiary/aromatic N) is 1. The third-order valence-electron chi connectivity index (χ3n) is 6.43. The second-order valence-corrected chi connectivity index (χ2v) is 11.1. The summed E-state index contributed by atoms with van der Waals surface area (Å²) < 4.78 is 71.5. The van der Waals surface area contributed by atoms with Crippen molar-refractivity contribution in [1.82, 2.24) is 9.62 Å². The van der Waals surface area contributed by atoms with Crippen molar-refractivity contribution < 1.29 is 35.9 Å². The minimum Gasteiger partial charge on any atom is -0.489 e. The molecular weight excluding hydrogens is 533 g/mol. The molecule has 4 rings (SSSR count). The number of amides is 1. The fourth-order valence-electron chi connectivity index (χ4n) is 4.30. The van der Waals surface area contributed by atoms with E-state index in [1.54, 1.807) is 24.3 Å². The van der Waals surface area contributed by atoms with E-state index in [0.29, 0.717) is 35.3 Å². The maximum absolute atomic E-state index is 13.2. The maximum Gasteiger partial charge on any atom is 0.416 e. The number of ether oxygens (including phenoxy) is 1. The van der Waals surface area contributed by atoms with Gasteiger partial charge in [-0.2, -0.15) is 17.5 Å². The molecule has 3 aromatic carbocycles. The molecule has 1 amide bonds. The Balaban J connectivity index is 1.35. The van der Waals surface area contributed by atoms with Gasteiger partial charge in [0, 0.05) is 18.7 Å². The van der Waals surface area contributed by atoms with E-state index in [9.17, 15) is 31.2 Å². The van der Waals surface area contributed by atoms with E-state index < -0.39 is 33.7 Å². The van der Waals surface area contributed by atoms with Gasteiger partial charge in [-0.15, -0.1) is 0 Å². The van der Waals surface area contributed by atoms with Gasteiger partial charge < -0.3 is 10.1 Å². The highest BCUT2D eigenvalue weighted by Gasteiger charge is 2.39. The summed E-state index contributed by atoms with van der Waals surface area (Å²) in [5.74, 6) is -0.125. The van der Waals surface area contributed by atoms with Crippen LogP contribution in [0.5, 0.6) is 5.75 Å². The van der Waals surface area contributed by atoms with Crippen LogP contribution in [0, 0.1) is 0 Å². The number of benzene rings is 3. The SMILES string of the molecule is CC(=O)c1ccc(S(=O)(=O)N2CCC[C@H]2C(=O)NCc2cccc(OCc3ccc(C(F)(F)F)cc3)c2)cc1. The summed E-state index contributed by atoms with van der Waals surface area (Å²) in [6.45, 7) is 1.80. The summed E-state index contributed by atoms with van der Waals surface area (Å²) in [6.07, 6.45) is -3.48. The monoisotopic (exact) mass is 560 g/mol. The van der Waals surface area contributed by atoms with Crippen LogP contribution >= 0.6 is 0 Å². The third-order valence-corrected chi connectivity index (χ3v) is 8.35. The van der Waals surface area contributed by atoms with E-state index in [1.807, 2.05) is 0 Å². The minimum atomic E-state index is -4.40. The second kappa shape index (κ2) is 11.6. The van der Waals surface area contributed by atoms with Crippen molar-refractivity contribution in [3.05, 3.63) is 95.1 Å². The van der Waals surface area contributed by atoms with Crippen LogP contribution in [0.15, 0.2) is 77.7 Å². The van der Waals surface area contributed by atoms with Crippen molar-refractivity contribution in [1.29, 1.82) is 0 Å². The first-order valence-corrected chi connectivity index (χ1v) is 13.7. The highest BCUT2D eigenvalue weighted by atomic mass is 32.2. The van der Waals surface area contributed by atoms with Gasteiger partial charge in [-0.3, -0.25) is 9.59 Å². The van der Waals surface area contributed by atoms with Crippen molar-refractivity contribution in [2.45, 2.75) is 50.0 Å². The van der Waals surface area contributed by atoms with E-state index in [0.717, 1.165) is 12.1 Å². The van der Waals surface area contributed by atoms with Gasteiger partial charge in [-0.25, -0.2) is 8.42 Å². The van der Waals surface area contributed by atoms with Gasteiger partial charge in [0.2, 0.25) is 15.9 Å². The van der Waals surface area contributed by atoms with Crippen LogP contribution in [0.2, 0.25) is 0 Å². The summed E-state index contributed by atoms with van der Waals surface area (Å²) in [5, 5.41) is 2.79. The number of halogens is 3. The Morgan fingerprint density at radius 2 is 1.69 bits per heavy atom. The zero-order valence-electron chi connectivity index (χ0n) is 21.1. The number of sulfonamides is 1. The molecule has 0 aromatic heterocycles. The van der Waals surface area contributed by atoms with Crippen molar-refractivity contribution in [2.75, 3.05) is 6.54 Å². The molecule has 11 heteroatoms. The average molecular weight is 561 g/mol. The van der Waals surface area contributed by atoms with Gasteiger partial charge in [0.1, 0.15) is 18.4 Å². The molecule has 206 valence electrons. The highest BCUT2D eigenvalue weighted by molar-refractivity contribution is 7.89. The lowest BCUT2D eigenvalue weighted by Crippen LogP contribution is -2.45. The number of carbonyl (C=O) groups excluding carboxylic acids is 2. The molecule has 0 aliphatic carbocycles. The lowest BCUT2D eigenvalue weighted by molar-refractivity contribution is -0.137. The molecule has 0 saturated carbocycles. The Kier molecular flexibility index (Phi) is 8.41. The topological polar surface area (TPSA) is 92.8 Å². The smallest absolute Gasteiger partial charge is 0.416 e. The van der Waals surface area contributed by atoms with Gasteiger partial charge >= 0.3 is 6.18 Å². The lowest BCUT2D eigenvalue weighted by atomic mass is 10.1. The summed E-state index contributed by atoms with van der Waals surface area (Å²) in [4.78, 5) is 24.5. The number of hydrogen-bond acceptors (Lipinski definition) is 5. The van der Waals surface area contributed by atoms with Crippen LogP contribution in [0.3, 0.4) is 0 Å². The number of ketones is 1. The molecule has 1 atom stereocenters. The zero-order valence-corrected chi connectivity index (χ0v) is 21.9. The van der Waals surface area contributed by atoms with Crippen molar-refractivity contribution in [3.63, 3.8) is 0 Å². The van der Waals surface area contributed by atoms with E-state index in [1.165, 1.54) is 47.6 Å². The number of Topliss-reactive ketones (excluding diaryl/α,β-unsaturated/α-hetero) is 1. The quantitative estimate of drug-likeness (QED) is 0.374. The number of alkyl halides is 3. The first kappa shape index (κ1) is 28.3. The number of nitrogens with one attached hydrogen (secondary N) is 1. The van der Waals surface area contributed by atoms with Crippen LogP contribution in [0.4, 0.5) is 13.2 Å². The Bertz CT molecular complexity index is 1440. The Labute approximate surface area is 224 Å². The number of hydrogen-bond donors (Lipinski definition) is 1. The molecule has 1 saturated heterocycles. The van der Waals surface area contributed by atoms with E-state index in [4.69, 9.17) is 4.74 Å². The molecule has 1 N–H and O–H groups in total. The molecule has 1 heterocycles.